The molecule has 19 heavy (non-hydrogen) atoms. The van der Waals surface area contributed by atoms with Crippen LogP contribution in [0.15, 0.2) is 18.2 Å². The Morgan fingerprint density at radius 2 is 2.32 bits per heavy atom. The third kappa shape index (κ3) is 2.50. The molecular weight excluding hydrogens is 293 g/mol. The van der Waals surface area contributed by atoms with Crippen LogP contribution in [0.25, 0.3) is 5.76 Å². The van der Waals surface area contributed by atoms with E-state index >= 15 is 0 Å². The van der Waals surface area contributed by atoms with Crippen LogP contribution < -0.4 is 5.32 Å². The van der Waals surface area contributed by atoms with Crippen LogP contribution in [0.5, 0.6) is 0 Å². The summed E-state index contributed by atoms with van der Waals surface area (Å²) in [6.45, 7) is 1.83. The predicted octanol–water partition coefficient (Wildman–Crippen LogP) is 2.99. The molecule has 0 aromatic heterocycles. The summed E-state index contributed by atoms with van der Waals surface area (Å²) in [4.78, 5) is 10.3. The Morgan fingerprint density at radius 3 is 2.95 bits per heavy atom. The molecule has 0 amide bonds. The molecule has 0 fully saturated rings. The van der Waals surface area contributed by atoms with Gasteiger partial charge in [0, 0.05) is 17.3 Å². The number of rotatable bonds is 2. The predicted molar refractivity (Wildman–Crippen MR) is 74.0 cm³/mol. The van der Waals surface area contributed by atoms with Gasteiger partial charge in [-0.1, -0.05) is 11.6 Å². The first-order valence-corrected chi connectivity index (χ1v) is 6.29. The lowest BCUT2D eigenvalue weighted by Crippen LogP contribution is -2.42. The van der Waals surface area contributed by atoms with Crippen LogP contribution in [-0.4, -0.2) is 22.6 Å². The molecular formula is C12H11ClFNO3S. The van der Waals surface area contributed by atoms with Crippen LogP contribution in [0.3, 0.4) is 0 Å². The van der Waals surface area contributed by atoms with Crippen LogP contribution in [-0.2, 0) is 9.53 Å². The molecule has 1 atom stereocenters. The molecule has 7 heteroatoms. The highest BCUT2D eigenvalue weighted by Gasteiger charge is 2.39. The minimum atomic E-state index is -1.52. The SMILES string of the molecule is CCOC(=O)C1(S)C=C(O)c2cc(F)c(Cl)cc2N1. The summed E-state index contributed by atoms with van der Waals surface area (Å²) in [6, 6.07) is 2.36. The Morgan fingerprint density at radius 1 is 1.63 bits per heavy atom. The molecule has 0 saturated carbocycles. The first kappa shape index (κ1) is 14.0. The summed E-state index contributed by atoms with van der Waals surface area (Å²) in [5, 5.41) is 12.5. The molecule has 102 valence electrons. The molecule has 1 heterocycles. The second-order valence-corrected chi connectivity index (χ2v) is 5.07. The number of hydrogen-bond donors (Lipinski definition) is 3. The number of halogens is 2. The van der Waals surface area contributed by atoms with Crippen LogP contribution in [0.1, 0.15) is 12.5 Å². The largest absolute Gasteiger partial charge is 0.507 e. The van der Waals surface area contributed by atoms with E-state index in [4.69, 9.17) is 16.3 Å². The first-order chi connectivity index (χ1) is 8.87. The number of aliphatic hydroxyl groups excluding tert-OH is 1. The fourth-order valence-corrected chi connectivity index (χ4v) is 2.20. The second kappa shape index (κ2) is 4.94. The van der Waals surface area contributed by atoms with E-state index in [1.165, 1.54) is 6.07 Å². The van der Waals surface area contributed by atoms with E-state index < -0.39 is 16.7 Å². The van der Waals surface area contributed by atoms with E-state index in [1.807, 2.05) is 0 Å². The highest BCUT2D eigenvalue weighted by Crippen LogP contribution is 2.37. The number of fused-ring (bicyclic) bond motifs is 1. The minimum Gasteiger partial charge on any atom is -0.507 e. The minimum absolute atomic E-state index is 0.125. The average molecular weight is 304 g/mol. The van der Waals surface area contributed by atoms with Crippen molar-refractivity contribution in [1.82, 2.24) is 0 Å². The molecule has 1 aliphatic heterocycles. The summed E-state index contributed by atoms with van der Waals surface area (Å²) in [6.07, 6.45) is 1.16. The molecule has 0 bridgehead atoms. The number of esters is 1. The molecule has 1 aliphatic rings. The van der Waals surface area contributed by atoms with E-state index in [0.717, 1.165) is 12.1 Å². The van der Waals surface area contributed by atoms with Gasteiger partial charge < -0.3 is 15.2 Å². The molecule has 0 radical (unpaired) electrons. The molecule has 1 aromatic rings. The monoisotopic (exact) mass is 303 g/mol. The molecule has 2 rings (SSSR count). The van der Waals surface area contributed by atoms with E-state index in [2.05, 4.69) is 17.9 Å². The lowest BCUT2D eigenvalue weighted by Gasteiger charge is -2.30. The van der Waals surface area contributed by atoms with Crippen molar-refractivity contribution in [3.05, 3.63) is 34.6 Å². The molecule has 4 nitrogen and oxygen atoms in total. The Balaban J connectivity index is 2.46. The number of thiol groups is 1. The van der Waals surface area contributed by atoms with Crippen molar-refractivity contribution in [3.8, 4) is 0 Å². The number of carbonyl (C=O) groups is 1. The standard InChI is InChI=1S/C12H11ClFNO3S/c1-2-18-11(17)12(19)5-10(16)6-3-8(14)7(13)4-9(6)15-12/h3-5,15-16,19H,2H2,1H3. The average Bonchev–Trinajstić information content (AvgIpc) is 2.32. The molecule has 1 aromatic carbocycles. The van der Waals surface area contributed by atoms with Gasteiger partial charge in [0.25, 0.3) is 0 Å². The van der Waals surface area contributed by atoms with Gasteiger partial charge in [-0.05, 0) is 19.1 Å². The summed E-state index contributed by atoms with van der Waals surface area (Å²) < 4.78 is 18.2. The maximum atomic E-state index is 13.3. The van der Waals surface area contributed by atoms with Crippen molar-refractivity contribution in [3.63, 3.8) is 0 Å². The lowest BCUT2D eigenvalue weighted by atomic mass is 10.0. The van der Waals surface area contributed by atoms with Crippen molar-refractivity contribution in [2.75, 3.05) is 11.9 Å². The Bertz CT molecular complexity index is 578. The van der Waals surface area contributed by atoms with Gasteiger partial charge in [0.2, 0.25) is 4.87 Å². The zero-order valence-corrected chi connectivity index (χ0v) is 11.6. The van der Waals surface area contributed by atoms with Gasteiger partial charge in [-0.3, -0.25) is 0 Å². The fraction of sp³-hybridized carbons (Fsp3) is 0.250. The summed E-state index contributed by atoms with van der Waals surface area (Å²) in [5.41, 5.74) is 0.505. The normalized spacial score (nSPS) is 21.2. The number of nitrogens with one attached hydrogen (secondary N) is 1. The number of ether oxygens (including phenoxy) is 1. The van der Waals surface area contributed by atoms with E-state index in [9.17, 15) is 14.3 Å². The van der Waals surface area contributed by atoms with Gasteiger partial charge in [0.05, 0.1) is 11.6 Å². The number of carbonyl (C=O) groups excluding carboxylic acids is 1. The van der Waals surface area contributed by atoms with Gasteiger partial charge in [0.15, 0.2) is 0 Å². The number of aliphatic hydroxyl groups is 1. The lowest BCUT2D eigenvalue weighted by molar-refractivity contribution is -0.143. The zero-order chi connectivity index (χ0) is 14.2. The summed E-state index contributed by atoms with van der Waals surface area (Å²) in [5.74, 6) is -1.60. The van der Waals surface area contributed by atoms with Crippen molar-refractivity contribution < 1.29 is 19.0 Å². The third-order valence-electron chi connectivity index (χ3n) is 2.59. The first-order valence-electron chi connectivity index (χ1n) is 5.46. The zero-order valence-electron chi connectivity index (χ0n) is 9.91. The van der Waals surface area contributed by atoms with Gasteiger partial charge in [-0.25, -0.2) is 9.18 Å². The van der Waals surface area contributed by atoms with Crippen molar-refractivity contribution in [1.29, 1.82) is 0 Å². The van der Waals surface area contributed by atoms with Gasteiger partial charge in [0.1, 0.15) is 11.6 Å². The highest BCUT2D eigenvalue weighted by atomic mass is 35.5. The summed E-state index contributed by atoms with van der Waals surface area (Å²) in [7, 11) is 0. The van der Waals surface area contributed by atoms with Crippen LogP contribution in [0, 0.1) is 5.82 Å². The Labute approximate surface area is 119 Å². The number of benzene rings is 1. The van der Waals surface area contributed by atoms with Crippen molar-refractivity contribution >= 4 is 41.6 Å². The maximum absolute atomic E-state index is 13.3. The molecule has 0 saturated heterocycles. The van der Waals surface area contributed by atoms with Gasteiger partial charge >= 0.3 is 5.97 Å². The van der Waals surface area contributed by atoms with Gasteiger partial charge in [-0.15, -0.1) is 12.6 Å². The van der Waals surface area contributed by atoms with Gasteiger partial charge in [-0.2, -0.15) is 0 Å². The van der Waals surface area contributed by atoms with Crippen LogP contribution >= 0.6 is 24.2 Å². The van der Waals surface area contributed by atoms with Crippen molar-refractivity contribution in [2.24, 2.45) is 0 Å². The smallest absolute Gasteiger partial charge is 0.346 e. The Hall–Kier alpha value is -1.40. The fourth-order valence-electron chi connectivity index (χ4n) is 1.73. The third-order valence-corrected chi connectivity index (χ3v) is 3.31. The van der Waals surface area contributed by atoms with E-state index in [1.54, 1.807) is 6.92 Å². The van der Waals surface area contributed by atoms with E-state index in [0.29, 0.717) is 5.69 Å². The molecule has 0 aliphatic carbocycles. The highest BCUT2D eigenvalue weighted by molar-refractivity contribution is 7.83. The summed E-state index contributed by atoms with van der Waals surface area (Å²) >= 11 is 9.83. The maximum Gasteiger partial charge on any atom is 0.346 e. The van der Waals surface area contributed by atoms with E-state index in [-0.39, 0.29) is 23.0 Å². The van der Waals surface area contributed by atoms with Crippen LogP contribution in [0.4, 0.5) is 10.1 Å². The second-order valence-electron chi connectivity index (χ2n) is 3.95. The Kier molecular flexibility index (Phi) is 3.64. The molecule has 0 spiro atoms. The molecule has 1 unspecified atom stereocenters. The number of hydrogen-bond acceptors (Lipinski definition) is 5. The quantitative estimate of drug-likeness (QED) is 0.581. The van der Waals surface area contributed by atoms with Crippen molar-refractivity contribution in [2.45, 2.75) is 11.8 Å². The number of anilines is 1. The van der Waals surface area contributed by atoms with Crippen LogP contribution in [0.2, 0.25) is 5.02 Å². The topological polar surface area (TPSA) is 58.6 Å². The molecule has 2 N–H and O–H groups in total.